The molecule has 1 aliphatic rings. The van der Waals surface area contributed by atoms with Crippen LogP contribution in [-0.2, 0) is 10.0 Å². The number of nitrogen functional groups attached to an aromatic ring is 1. The van der Waals surface area contributed by atoms with Crippen molar-refractivity contribution in [2.75, 3.05) is 17.6 Å². The predicted molar refractivity (Wildman–Crippen MR) is 109 cm³/mol. The van der Waals surface area contributed by atoms with E-state index in [0.717, 1.165) is 25.7 Å². The van der Waals surface area contributed by atoms with Crippen molar-refractivity contribution >= 4 is 27.3 Å². The van der Waals surface area contributed by atoms with Crippen LogP contribution in [0.25, 0.3) is 0 Å². The molecular weight excluding hydrogens is 378 g/mol. The second-order valence-corrected chi connectivity index (χ2v) is 8.57. The minimum Gasteiger partial charge on any atom is -0.497 e. The first-order chi connectivity index (χ1) is 13.4. The number of anilines is 2. The predicted octanol–water partition coefficient (Wildman–Crippen LogP) is 3.14. The molecule has 0 unspecified atom stereocenters. The van der Waals surface area contributed by atoms with Gasteiger partial charge in [0.1, 0.15) is 5.75 Å². The summed E-state index contributed by atoms with van der Waals surface area (Å²) in [5.41, 5.74) is 6.74. The standard InChI is InChI=1S/C20H25N3O4S/c1-27-16-9-7-15(8-10-16)23-28(25,26)17-11-12-19(21)18(13-17)20(24)22-14-5-3-2-4-6-14/h7-14,23H,2-6,21H2,1H3,(H,22,24). The lowest BCUT2D eigenvalue weighted by molar-refractivity contribution is 0.0928. The first kappa shape index (κ1) is 20.0. The molecule has 1 fully saturated rings. The van der Waals surface area contributed by atoms with E-state index in [2.05, 4.69) is 10.0 Å². The van der Waals surface area contributed by atoms with Crippen molar-refractivity contribution in [2.24, 2.45) is 0 Å². The molecule has 0 aromatic heterocycles. The van der Waals surface area contributed by atoms with Crippen LogP contribution in [0.3, 0.4) is 0 Å². The zero-order valence-corrected chi connectivity index (χ0v) is 16.6. The molecule has 28 heavy (non-hydrogen) atoms. The zero-order valence-electron chi connectivity index (χ0n) is 15.8. The van der Waals surface area contributed by atoms with E-state index >= 15 is 0 Å². The Labute approximate surface area is 165 Å². The topological polar surface area (TPSA) is 111 Å². The van der Waals surface area contributed by atoms with Gasteiger partial charge in [-0.05, 0) is 55.3 Å². The molecule has 1 amide bonds. The summed E-state index contributed by atoms with van der Waals surface area (Å²) in [5.74, 6) is 0.281. The van der Waals surface area contributed by atoms with Gasteiger partial charge in [0.05, 0.1) is 17.6 Å². The fourth-order valence-electron chi connectivity index (χ4n) is 3.28. The van der Waals surface area contributed by atoms with E-state index in [1.165, 1.54) is 31.7 Å². The summed E-state index contributed by atoms with van der Waals surface area (Å²) >= 11 is 0. The summed E-state index contributed by atoms with van der Waals surface area (Å²) in [4.78, 5) is 12.6. The van der Waals surface area contributed by atoms with Gasteiger partial charge in [-0.2, -0.15) is 0 Å². The molecule has 8 heteroatoms. The summed E-state index contributed by atoms with van der Waals surface area (Å²) in [7, 11) is -2.33. The Hall–Kier alpha value is -2.74. The van der Waals surface area contributed by atoms with Gasteiger partial charge in [-0.25, -0.2) is 8.42 Å². The molecule has 0 saturated heterocycles. The molecule has 4 N–H and O–H groups in total. The van der Waals surface area contributed by atoms with Crippen molar-refractivity contribution in [1.29, 1.82) is 0 Å². The summed E-state index contributed by atoms with van der Waals surface area (Å²) in [6.07, 6.45) is 5.21. The molecular formula is C20H25N3O4S. The monoisotopic (exact) mass is 403 g/mol. The van der Waals surface area contributed by atoms with Crippen molar-refractivity contribution in [3.05, 3.63) is 48.0 Å². The lowest BCUT2D eigenvalue weighted by Gasteiger charge is -2.23. The molecule has 1 saturated carbocycles. The Morgan fingerprint density at radius 2 is 1.75 bits per heavy atom. The molecule has 0 aliphatic heterocycles. The average molecular weight is 404 g/mol. The maximum absolute atomic E-state index is 12.7. The second-order valence-electron chi connectivity index (χ2n) is 6.89. The van der Waals surface area contributed by atoms with E-state index in [1.807, 2.05) is 0 Å². The molecule has 0 radical (unpaired) electrons. The Balaban J connectivity index is 1.79. The van der Waals surface area contributed by atoms with E-state index in [9.17, 15) is 13.2 Å². The molecule has 1 aliphatic carbocycles. The lowest BCUT2D eigenvalue weighted by atomic mass is 9.95. The number of carbonyl (C=O) groups is 1. The SMILES string of the molecule is COc1ccc(NS(=O)(=O)c2ccc(N)c(C(=O)NC3CCCCC3)c2)cc1. The number of carbonyl (C=O) groups excluding carboxylic acids is 1. The number of benzene rings is 2. The number of sulfonamides is 1. The minimum atomic E-state index is -3.87. The first-order valence-corrected chi connectivity index (χ1v) is 10.7. The summed E-state index contributed by atoms with van der Waals surface area (Å²) < 4.78 is 33.0. The van der Waals surface area contributed by atoms with E-state index < -0.39 is 10.0 Å². The molecule has 2 aromatic rings. The molecule has 0 heterocycles. The fourth-order valence-corrected chi connectivity index (χ4v) is 4.37. The molecule has 7 nitrogen and oxygen atoms in total. The van der Waals surface area contributed by atoms with Gasteiger partial charge in [0.25, 0.3) is 15.9 Å². The van der Waals surface area contributed by atoms with Gasteiger partial charge in [-0.15, -0.1) is 0 Å². The number of hydrogen-bond acceptors (Lipinski definition) is 5. The third kappa shape index (κ3) is 4.75. The molecule has 3 rings (SSSR count). The van der Waals surface area contributed by atoms with Crippen molar-refractivity contribution in [1.82, 2.24) is 5.32 Å². The maximum atomic E-state index is 12.7. The van der Waals surface area contributed by atoms with E-state index in [1.54, 1.807) is 24.3 Å². The minimum absolute atomic E-state index is 0.0219. The van der Waals surface area contributed by atoms with Gasteiger partial charge < -0.3 is 15.8 Å². The van der Waals surface area contributed by atoms with Gasteiger partial charge in [0.15, 0.2) is 0 Å². The highest BCUT2D eigenvalue weighted by atomic mass is 32.2. The van der Waals surface area contributed by atoms with Crippen LogP contribution in [0, 0.1) is 0 Å². The van der Waals surface area contributed by atoms with Gasteiger partial charge in [-0.3, -0.25) is 9.52 Å². The molecule has 2 aromatic carbocycles. The van der Waals surface area contributed by atoms with Crippen LogP contribution in [0.2, 0.25) is 0 Å². The number of rotatable bonds is 6. The highest BCUT2D eigenvalue weighted by molar-refractivity contribution is 7.92. The first-order valence-electron chi connectivity index (χ1n) is 9.26. The Bertz CT molecular complexity index is 936. The Kier molecular flexibility index (Phi) is 6.08. The van der Waals surface area contributed by atoms with E-state index in [4.69, 9.17) is 10.5 Å². The van der Waals surface area contributed by atoms with E-state index in [-0.39, 0.29) is 28.1 Å². The van der Waals surface area contributed by atoms with Crippen molar-refractivity contribution in [3.63, 3.8) is 0 Å². The fraction of sp³-hybridized carbons (Fsp3) is 0.350. The van der Waals surface area contributed by atoms with Crippen LogP contribution in [0.1, 0.15) is 42.5 Å². The van der Waals surface area contributed by atoms with Crippen LogP contribution in [0.4, 0.5) is 11.4 Å². The smallest absolute Gasteiger partial charge is 0.261 e. The van der Waals surface area contributed by atoms with Gasteiger partial charge in [0, 0.05) is 17.4 Å². The van der Waals surface area contributed by atoms with Crippen LogP contribution >= 0.6 is 0 Å². The lowest BCUT2D eigenvalue weighted by Crippen LogP contribution is -2.36. The van der Waals surface area contributed by atoms with Crippen molar-refractivity contribution < 1.29 is 17.9 Å². The van der Waals surface area contributed by atoms with Crippen LogP contribution in [0.5, 0.6) is 5.75 Å². The number of ether oxygens (including phenoxy) is 1. The van der Waals surface area contributed by atoms with Gasteiger partial charge in [0.2, 0.25) is 0 Å². The summed E-state index contributed by atoms with van der Waals surface area (Å²) in [6, 6.07) is 10.8. The largest absolute Gasteiger partial charge is 0.497 e. The Morgan fingerprint density at radius 1 is 1.07 bits per heavy atom. The molecule has 150 valence electrons. The third-order valence-electron chi connectivity index (χ3n) is 4.86. The number of methoxy groups -OCH3 is 1. The number of nitrogens with one attached hydrogen (secondary N) is 2. The van der Waals surface area contributed by atoms with Crippen molar-refractivity contribution in [2.45, 2.75) is 43.0 Å². The normalized spacial score (nSPS) is 15.0. The maximum Gasteiger partial charge on any atom is 0.261 e. The highest BCUT2D eigenvalue weighted by Crippen LogP contribution is 2.23. The third-order valence-corrected chi connectivity index (χ3v) is 6.24. The van der Waals surface area contributed by atoms with Crippen LogP contribution in [-0.4, -0.2) is 27.5 Å². The highest BCUT2D eigenvalue weighted by Gasteiger charge is 2.21. The summed E-state index contributed by atoms with van der Waals surface area (Å²) in [5, 5.41) is 2.97. The second kappa shape index (κ2) is 8.52. The quantitative estimate of drug-likeness (QED) is 0.642. The molecule has 0 spiro atoms. The van der Waals surface area contributed by atoms with Crippen LogP contribution < -0.4 is 20.5 Å². The Morgan fingerprint density at radius 3 is 2.39 bits per heavy atom. The van der Waals surface area contributed by atoms with Crippen LogP contribution in [0.15, 0.2) is 47.4 Å². The van der Waals surface area contributed by atoms with Crippen molar-refractivity contribution in [3.8, 4) is 5.75 Å². The number of hydrogen-bond donors (Lipinski definition) is 3. The van der Waals surface area contributed by atoms with Gasteiger partial charge in [-0.1, -0.05) is 19.3 Å². The zero-order chi connectivity index (χ0) is 20.1. The van der Waals surface area contributed by atoms with E-state index in [0.29, 0.717) is 11.4 Å². The molecule has 0 bridgehead atoms. The molecule has 0 atom stereocenters. The summed E-state index contributed by atoms with van der Waals surface area (Å²) in [6.45, 7) is 0. The average Bonchev–Trinajstić information content (AvgIpc) is 2.69. The number of nitrogens with two attached hydrogens (primary N) is 1. The number of amides is 1. The van der Waals surface area contributed by atoms with Gasteiger partial charge >= 0.3 is 0 Å².